The van der Waals surface area contributed by atoms with E-state index in [0.717, 1.165) is 29.3 Å². The van der Waals surface area contributed by atoms with Crippen LogP contribution in [-0.2, 0) is 28.7 Å². The number of amides is 3. The number of aromatic nitrogens is 1. The van der Waals surface area contributed by atoms with Crippen molar-refractivity contribution in [3.8, 4) is 0 Å². The number of hydrogen-bond acceptors (Lipinski definition) is 8. The second-order valence-corrected chi connectivity index (χ2v) is 12.0. The number of nitrogens with one attached hydrogen (secondary N) is 3. The van der Waals surface area contributed by atoms with Crippen LogP contribution in [-0.4, -0.2) is 71.6 Å². The van der Waals surface area contributed by atoms with Gasteiger partial charge in [0, 0.05) is 25.5 Å². The lowest BCUT2D eigenvalue weighted by molar-refractivity contribution is -0.157. The van der Waals surface area contributed by atoms with Gasteiger partial charge in [0.1, 0.15) is 24.2 Å². The Morgan fingerprint density at radius 1 is 1.02 bits per heavy atom. The lowest BCUT2D eigenvalue weighted by atomic mass is 10.0. The number of pyridine rings is 1. The molecule has 0 spiro atoms. The molecule has 5 atom stereocenters. The molecule has 1 saturated heterocycles. The number of rotatable bonds is 2. The second kappa shape index (κ2) is 15.3. The SMILES string of the molecule is CO[C@@H]1CC/C=C/c2ccc3ccc(nc3c2)[C@@H](C)OC(=O)[C@@H]2CCCN(N2)C(=O)[C@H](C)NC(=O)[C@H](C(C)C)NC(=O)CC1. The van der Waals surface area contributed by atoms with E-state index in [9.17, 15) is 19.2 Å². The number of fused-ring (bicyclic) bond motifs is 4. The summed E-state index contributed by atoms with van der Waals surface area (Å²) >= 11 is 0. The molecule has 1 aromatic carbocycles. The fourth-order valence-corrected chi connectivity index (χ4v) is 5.46. The van der Waals surface area contributed by atoms with Gasteiger partial charge in [-0.3, -0.25) is 24.2 Å². The van der Waals surface area contributed by atoms with Gasteiger partial charge in [0.15, 0.2) is 0 Å². The summed E-state index contributed by atoms with van der Waals surface area (Å²) in [4.78, 5) is 57.2. The van der Waals surface area contributed by atoms with Crippen LogP contribution in [0, 0.1) is 5.92 Å². The molecule has 3 amide bonds. The van der Waals surface area contributed by atoms with E-state index in [4.69, 9.17) is 14.5 Å². The molecular formula is C33H45N5O6. The maximum atomic E-state index is 13.3. The van der Waals surface area contributed by atoms with Gasteiger partial charge in [0.25, 0.3) is 5.91 Å². The lowest BCUT2D eigenvalue weighted by Crippen LogP contribution is -2.61. The van der Waals surface area contributed by atoms with E-state index in [1.165, 1.54) is 5.01 Å². The average Bonchev–Trinajstić information content (AvgIpc) is 3.01. The second-order valence-electron chi connectivity index (χ2n) is 12.0. The quantitative estimate of drug-likeness (QED) is 0.441. The van der Waals surface area contributed by atoms with E-state index in [1.54, 1.807) is 21.0 Å². The number of hydrazine groups is 1. The van der Waals surface area contributed by atoms with Crippen LogP contribution in [0.4, 0.5) is 0 Å². The van der Waals surface area contributed by atoms with Gasteiger partial charge in [-0.1, -0.05) is 44.2 Å². The van der Waals surface area contributed by atoms with Crippen molar-refractivity contribution in [3.05, 3.63) is 47.7 Å². The highest BCUT2D eigenvalue weighted by Gasteiger charge is 2.34. The molecule has 11 heteroatoms. The third-order valence-corrected chi connectivity index (χ3v) is 8.17. The monoisotopic (exact) mass is 607 g/mol. The molecule has 2 aromatic rings. The van der Waals surface area contributed by atoms with Gasteiger partial charge in [-0.2, -0.15) is 0 Å². The molecule has 1 aromatic heterocycles. The molecule has 2 aliphatic rings. The van der Waals surface area contributed by atoms with Crippen molar-refractivity contribution in [1.29, 1.82) is 0 Å². The van der Waals surface area contributed by atoms with Gasteiger partial charge in [0.05, 0.1) is 17.3 Å². The Kier molecular flexibility index (Phi) is 11.5. The molecule has 5 bridgehead atoms. The third-order valence-electron chi connectivity index (χ3n) is 8.17. The number of ether oxygens (including phenoxy) is 2. The Labute approximate surface area is 259 Å². The summed E-state index contributed by atoms with van der Waals surface area (Å²) in [6, 6.07) is 7.44. The number of carbonyl (C=O) groups is 4. The van der Waals surface area contributed by atoms with Gasteiger partial charge in [-0.25, -0.2) is 10.4 Å². The van der Waals surface area contributed by atoms with Crippen molar-refractivity contribution in [2.75, 3.05) is 13.7 Å². The predicted molar refractivity (Wildman–Crippen MR) is 167 cm³/mol. The zero-order valence-corrected chi connectivity index (χ0v) is 26.3. The number of nitrogens with zero attached hydrogens (tertiary/aromatic N) is 2. The van der Waals surface area contributed by atoms with E-state index in [-0.39, 0.29) is 30.3 Å². The third kappa shape index (κ3) is 8.63. The van der Waals surface area contributed by atoms with Crippen molar-refractivity contribution in [3.63, 3.8) is 0 Å². The standard InChI is InChI=1S/C33H45N5O6/c1-20(2)30-31(40)34-21(3)32(41)38-18-8-11-27(37-38)33(42)44-22(4)26-16-14-24-13-12-23(19-28(24)35-26)9-6-7-10-25(43-5)15-17-29(39)36-30/h6,9,12-14,16,19-22,25,27,30,37H,7-8,10-11,15,17-18H2,1-5H3,(H,34,40)(H,36,39)/b9-6+/t21-,22+,25+,27-,30-/m0/s1. The van der Waals surface area contributed by atoms with Crippen LogP contribution in [0.5, 0.6) is 0 Å². The number of benzene rings is 1. The highest BCUT2D eigenvalue weighted by Crippen LogP contribution is 2.23. The average molecular weight is 608 g/mol. The maximum Gasteiger partial charge on any atom is 0.325 e. The lowest BCUT2D eigenvalue weighted by Gasteiger charge is -2.35. The van der Waals surface area contributed by atoms with E-state index in [1.807, 2.05) is 50.3 Å². The van der Waals surface area contributed by atoms with Gasteiger partial charge >= 0.3 is 5.97 Å². The Hall–Kier alpha value is -3.83. The molecule has 2 aliphatic heterocycles. The first-order chi connectivity index (χ1) is 21.0. The van der Waals surface area contributed by atoms with Crippen LogP contribution in [0.2, 0.25) is 0 Å². The molecule has 238 valence electrons. The highest BCUT2D eigenvalue weighted by atomic mass is 16.5. The number of esters is 1. The minimum atomic E-state index is -0.881. The van der Waals surface area contributed by atoms with Crippen LogP contribution in [0.15, 0.2) is 36.4 Å². The van der Waals surface area contributed by atoms with Gasteiger partial charge in [-0.05, 0) is 69.6 Å². The molecule has 3 N–H and O–H groups in total. The largest absolute Gasteiger partial charge is 0.455 e. The molecular weight excluding hydrogens is 562 g/mol. The van der Waals surface area contributed by atoms with Crippen molar-refractivity contribution >= 4 is 40.7 Å². The smallest absolute Gasteiger partial charge is 0.325 e. The van der Waals surface area contributed by atoms with Crippen molar-refractivity contribution in [1.82, 2.24) is 26.1 Å². The molecule has 0 unspecified atom stereocenters. The van der Waals surface area contributed by atoms with Crippen molar-refractivity contribution < 1.29 is 28.7 Å². The van der Waals surface area contributed by atoms with Crippen LogP contribution < -0.4 is 16.1 Å². The zero-order chi connectivity index (χ0) is 31.8. The first kappa shape index (κ1) is 33.1. The van der Waals surface area contributed by atoms with Gasteiger partial charge in [-0.15, -0.1) is 0 Å². The van der Waals surface area contributed by atoms with Gasteiger partial charge < -0.3 is 20.1 Å². The topological polar surface area (TPSA) is 139 Å². The molecule has 0 aliphatic carbocycles. The summed E-state index contributed by atoms with van der Waals surface area (Å²) in [5, 5.41) is 7.92. The Morgan fingerprint density at radius 2 is 1.80 bits per heavy atom. The summed E-state index contributed by atoms with van der Waals surface area (Å²) in [5.41, 5.74) is 5.40. The Bertz CT molecular complexity index is 1380. The number of cyclic esters (lactones) is 1. The van der Waals surface area contributed by atoms with Crippen LogP contribution in [0.1, 0.15) is 83.6 Å². The molecule has 1 fully saturated rings. The Balaban J connectivity index is 1.57. The first-order valence-electron chi connectivity index (χ1n) is 15.5. The summed E-state index contributed by atoms with van der Waals surface area (Å²) in [5.74, 6) is -1.75. The van der Waals surface area contributed by atoms with E-state index in [0.29, 0.717) is 31.5 Å². The van der Waals surface area contributed by atoms with E-state index < -0.39 is 36.1 Å². The number of allylic oxidation sites excluding steroid dienone is 1. The van der Waals surface area contributed by atoms with E-state index in [2.05, 4.69) is 22.1 Å². The molecule has 0 saturated carbocycles. The zero-order valence-electron chi connectivity index (χ0n) is 26.3. The van der Waals surface area contributed by atoms with Gasteiger partial charge in [0.2, 0.25) is 11.8 Å². The summed E-state index contributed by atoms with van der Waals surface area (Å²) in [7, 11) is 1.64. The van der Waals surface area contributed by atoms with Crippen LogP contribution in [0.3, 0.4) is 0 Å². The molecule has 4 rings (SSSR count). The summed E-state index contributed by atoms with van der Waals surface area (Å²) in [6.07, 6.45) is 6.70. The van der Waals surface area contributed by atoms with Crippen molar-refractivity contribution in [2.45, 2.75) is 96.6 Å². The van der Waals surface area contributed by atoms with E-state index >= 15 is 0 Å². The van der Waals surface area contributed by atoms with Crippen molar-refractivity contribution in [2.24, 2.45) is 5.92 Å². The first-order valence-corrected chi connectivity index (χ1v) is 15.5. The highest BCUT2D eigenvalue weighted by molar-refractivity contribution is 5.92. The molecule has 11 nitrogen and oxygen atoms in total. The molecule has 3 heterocycles. The van der Waals surface area contributed by atoms with Crippen LogP contribution >= 0.6 is 0 Å². The number of hydrogen-bond donors (Lipinski definition) is 3. The fraction of sp³-hybridized carbons (Fsp3) is 0.545. The molecule has 44 heavy (non-hydrogen) atoms. The predicted octanol–water partition coefficient (Wildman–Crippen LogP) is 3.58. The summed E-state index contributed by atoms with van der Waals surface area (Å²) < 4.78 is 11.4. The van der Waals surface area contributed by atoms with Crippen LogP contribution in [0.25, 0.3) is 17.0 Å². The minimum absolute atomic E-state index is 0.116. The normalized spacial score (nSPS) is 27.4. The molecule has 0 radical (unpaired) electrons. The maximum absolute atomic E-state index is 13.3. The summed E-state index contributed by atoms with van der Waals surface area (Å²) in [6.45, 7) is 7.43. The minimum Gasteiger partial charge on any atom is -0.455 e. The fourth-order valence-electron chi connectivity index (χ4n) is 5.46. The number of carbonyl (C=O) groups excluding carboxylic acids is 4. The number of methoxy groups -OCH3 is 1. The Morgan fingerprint density at radius 3 is 2.55 bits per heavy atom.